The van der Waals surface area contributed by atoms with Gasteiger partial charge in [0.25, 0.3) is 11.8 Å². The highest BCUT2D eigenvalue weighted by molar-refractivity contribution is 6.30. The number of dihydropyridines is 1. The summed E-state index contributed by atoms with van der Waals surface area (Å²) in [7, 11) is 0. The molecule has 3 atom stereocenters. The number of pyridine rings is 1. The van der Waals surface area contributed by atoms with Crippen molar-refractivity contribution in [2.75, 3.05) is 39.3 Å². The van der Waals surface area contributed by atoms with Crippen molar-refractivity contribution in [2.24, 2.45) is 0 Å². The number of allylic oxidation sites excluding steroid dienone is 1. The Labute approximate surface area is 251 Å². The van der Waals surface area contributed by atoms with Gasteiger partial charge in [-0.25, -0.2) is 0 Å². The molecule has 11 heteroatoms. The lowest BCUT2D eigenvalue weighted by atomic mass is 9.97. The summed E-state index contributed by atoms with van der Waals surface area (Å²) in [6, 6.07) is 10.6. The number of benzene rings is 1. The van der Waals surface area contributed by atoms with E-state index in [0.717, 1.165) is 37.2 Å². The molecule has 0 aliphatic carbocycles. The number of aromatic nitrogens is 1. The predicted octanol–water partition coefficient (Wildman–Crippen LogP) is 2.88. The van der Waals surface area contributed by atoms with Crippen molar-refractivity contribution in [3.63, 3.8) is 0 Å². The molecule has 3 aliphatic rings. The number of nitrogens with one attached hydrogen (secondary N) is 3. The molecule has 5 rings (SSSR count). The number of hydrogen-bond donors (Lipinski definition) is 3. The molecule has 2 fully saturated rings. The first-order valence-corrected chi connectivity index (χ1v) is 14.8. The van der Waals surface area contributed by atoms with Crippen molar-refractivity contribution < 1.29 is 14.3 Å². The Bertz CT molecular complexity index is 1420. The van der Waals surface area contributed by atoms with E-state index in [4.69, 9.17) is 16.3 Å². The molecule has 1 aromatic heterocycles. The topological polar surface area (TPSA) is 123 Å². The van der Waals surface area contributed by atoms with Crippen LogP contribution in [0.5, 0.6) is 0 Å². The molecule has 0 bridgehead atoms. The van der Waals surface area contributed by atoms with Gasteiger partial charge in [0, 0.05) is 67.8 Å². The van der Waals surface area contributed by atoms with Gasteiger partial charge in [0.15, 0.2) is 5.72 Å². The Hall–Kier alpha value is -3.91. The number of rotatable bonds is 8. The van der Waals surface area contributed by atoms with Gasteiger partial charge < -0.3 is 30.5 Å². The van der Waals surface area contributed by atoms with E-state index >= 15 is 0 Å². The van der Waals surface area contributed by atoms with E-state index in [0.29, 0.717) is 42.5 Å². The second-order valence-electron chi connectivity index (χ2n) is 10.6. The van der Waals surface area contributed by atoms with E-state index in [1.54, 1.807) is 29.4 Å². The molecule has 0 radical (unpaired) electrons. The quantitative estimate of drug-likeness (QED) is 0.430. The van der Waals surface area contributed by atoms with Gasteiger partial charge in [-0.15, -0.1) is 0 Å². The van der Waals surface area contributed by atoms with Crippen LogP contribution in [-0.2, 0) is 15.3 Å². The maximum Gasteiger partial charge on any atom is 0.269 e. The summed E-state index contributed by atoms with van der Waals surface area (Å²) in [6.07, 6.45) is 8.93. The molecule has 1 unspecified atom stereocenters. The smallest absolute Gasteiger partial charge is 0.269 e. The van der Waals surface area contributed by atoms with E-state index in [9.17, 15) is 14.9 Å². The van der Waals surface area contributed by atoms with Gasteiger partial charge in [-0.1, -0.05) is 24.6 Å². The maximum absolute atomic E-state index is 13.9. The van der Waals surface area contributed by atoms with Crippen molar-refractivity contribution in [2.45, 2.75) is 44.5 Å². The molecular formula is C31H36ClN7O3. The lowest BCUT2D eigenvalue weighted by Gasteiger charge is -2.46. The third-order valence-electron chi connectivity index (χ3n) is 8.01. The monoisotopic (exact) mass is 589 g/mol. The Morgan fingerprint density at radius 3 is 2.83 bits per heavy atom. The minimum Gasteiger partial charge on any atom is -0.363 e. The molecule has 220 valence electrons. The average molecular weight is 590 g/mol. The Balaban J connectivity index is 1.46. The summed E-state index contributed by atoms with van der Waals surface area (Å²) in [5.41, 5.74) is 1.49. The molecule has 1 aromatic carbocycles. The normalized spacial score (nSPS) is 23.9. The van der Waals surface area contributed by atoms with Gasteiger partial charge >= 0.3 is 0 Å². The highest BCUT2D eigenvalue weighted by Crippen LogP contribution is 2.33. The zero-order valence-electron chi connectivity index (χ0n) is 23.9. The summed E-state index contributed by atoms with van der Waals surface area (Å²) >= 11 is 6.06. The van der Waals surface area contributed by atoms with E-state index in [1.807, 2.05) is 31.2 Å². The Morgan fingerprint density at radius 2 is 2.14 bits per heavy atom. The van der Waals surface area contributed by atoms with Crippen molar-refractivity contribution >= 4 is 23.4 Å². The maximum atomic E-state index is 13.9. The lowest BCUT2D eigenvalue weighted by Crippen LogP contribution is -2.57. The van der Waals surface area contributed by atoms with Crippen LogP contribution >= 0.6 is 11.6 Å². The number of carbonyl (C=O) groups is 2. The van der Waals surface area contributed by atoms with Crippen molar-refractivity contribution in [1.29, 1.82) is 5.26 Å². The summed E-state index contributed by atoms with van der Waals surface area (Å²) < 4.78 is 6.25. The largest absolute Gasteiger partial charge is 0.363 e. The Kier molecular flexibility index (Phi) is 9.12. The molecule has 2 aromatic rings. The number of halogens is 1. The fraction of sp³-hybridized carbons (Fsp3) is 0.419. The minimum absolute atomic E-state index is 0.0315. The molecule has 2 saturated heterocycles. The molecule has 2 amide bonds. The summed E-state index contributed by atoms with van der Waals surface area (Å²) in [6.45, 7) is 7.36. The number of hydrogen-bond acceptors (Lipinski definition) is 8. The summed E-state index contributed by atoms with van der Waals surface area (Å²) in [4.78, 5) is 35.6. The van der Waals surface area contributed by atoms with Gasteiger partial charge in [0.1, 0.15) is 11.8 Å². The van der Waals surface area contributed by atoms with Crippen LogP contribution in [0.2, 0.25) is 5.02 Å². The van der Waals surface area contributed by atoms with Crippen LogP contribution < -0.4 is 16.0 Å². The zero-order chi connectivity index (χ0) is 29.7. The number of amides is 2. The molecule has 3 N–H and O–H groups in total. The van der Waals surface area contributed by atoms with Crippen LogP contribution in [0.3, 0.4) is 0 Å². The van der Waals surface area contributed by atoms with Gasteiger partial charge in [0.05, 0.1) is 16.8 Å². The number of nitriles is 1. The van der Waals surface area contributed by atoms with Crippen LogP contribution in [0.1, 0.15) is 48.2 Å². The Morgan fingerprint density at radius 1 is 1.29 bits per heavy atom. The van der Waals surface area contributed by atoms with E-state index in [-0.39, 0.29) is 29.5 Å². The zero-order valence-corrected chi connectivity index (χ0v) is 24.7. The molecule has 0 saturated carbocycles. The molecular weight excluding hydrogens is 554 g/mol. The highest BCUT2D eigenvalue weighted by Gasteiger charge is 2.40. The van der Waals surface area contributed by atoms with Crippen LogP contribution in [0.15, 0.2) is 66.3 Å². The fourth-order valence-electron chi connectivity index (χ4n) is 5.84. The van der Waals surface area contributed by atoms with Crippen molar-refractivity contribution in [3.8, 4) is 6.07 Å². The van der Waals surface area contributed by atoms with Gasteiger partial charge in [-0.2, -0.15) is 5.26 Å². The summed E-state index contributed by atoms with van der Waals surface area (Å²) in [5.74, 6) is -0.407. The lowest BCUT2D eigenvalue weighted by molar-refractivity contribution is -0.120. The van der Waals surface area contributed by atoms with Crippen molar-refractivity contribution in [3.05, 3.63) is 88.0 Å². The number of nitrogens with zero attached hydrogens (tertiary/aromatic N) is 4. The van der Waals surface area contributed by atoms with E-state index in [1.165, 1.54) is 6.07 Å². The average Bonchev–Trinajstić information content (AvgIpc) is 3.54. The number of piperazine rings is 1. The third-order valence-corrected chi connectivity index (χ3v) is 8.25. The number of ether oxygens (including phenoxy) is 1. The second-order valence-corrected chi connectivity index (χ2v) is 11.0. The van der Waals surface area contributed by atoms with Crippen LogP contribution in [0.25, 0.3) is 0 Å². The first kappa shape index (κ1) is 29.6. The SMILES string of the molecule is CCOC1(c2cccnc2)C=CC(N2CCN(C(=O)c3ccc(Cl)cc3C#N)C[C@H]2CC)=C(C(=O)N[C@@H]2CCNC2)N1. The van der Waals surface area contributed by atoms with Gasteiger partial charge in [-0.05, 0) is 62.7 Å². The summed E-state index contributed by atoms with van der Waals surface area (Å²) in [5, 5.41) is 19.9. The standard InChI is InChI=1S/C31H36ClN7O3/c1-3-25-20-38(30(41)26-8-7-23(32)16-21(26)17-33)14-15-39(25)27-9-11-31(42-4-2,22-6-5-12-34-18-22)37-28(27)29(40)36-24-10-13-35-19-24/h5-9,11-12,16,18,24-25,35,37H,3-4,10,13-15,19-20H2,1-2H3,(H,36,40)/t24-,25-,31?/m1/s1. The minimum atomic E-state index is -1.06. The van der Waals surface area contributed by atoms with Crippen LogP contribution in [0.4, 0.5) is 0 Å². The molecule has 4 heterocycles. The molecule has 42 heavy (non-hydrogen) atoms. The predicted molar refractivity (Wildman–Crippen MR) is 159 cm³/mol. The van der Waals surface area contributed by atoms with Gasteiger partial charge in [-0.3, -0.25) is 14.6 Å². The number of carbonyl (C=O) groups excluding carboxylic acids is 2. The highest BCUT2D eigenvalue weighted by atomic mass is 35.5. The first-order valence-electron chi connectivity index (χ1n) is 14.4. The van der Waals surface area contributed by atoms with Gasteiger partial charge in [0.2, 0.25) is 0 Å². The van der Waals surface area contributed by atoms with E-state index in [2.05, 4.69) is 38.8 Å². The third kappa shape index (κ3) is 6.00. The molecule has 3 aliphatic heterocycles. The van der Waals surface area contributed by atoms with E-state index < -0.39 is 5.72 Å². The molecule has 10 nitrogen and oxygen atoms in total. The van der Waals surface area contributed by atoms with Crippen LogP contribution in [-0.4, -0.2) is 78.0 Å². The van der Waals surface area contributed by atoms with Crippen molar-refractivity contribution in [1.82, 2.24) is 30.7 Å². The second kappa shape index (κ2) is 12.9. The van der Waals surface area contributed by atoms with Crippen LogP contribution in [0, 0.1) is 11.3 Å². The molecule has 0 spiro atoms. The first-order chi connectivity index (χ1) is 20.4. The fourth-order valence-corrected chi connectivity index (χ4v) is 6.01.